The van der Waals surface area contributed by atoms with Crippen LogP contribution in [0.5, 0.6) is 0 Å². The molecular weight excluding hydrogens is 364 g/mol. The molecule has 0 saturated heterocycles. The molecule has 0 N–H and O–H groups in total. The van der Waals surface area contributed by atoms with Crippen molar-refractivity contribution in [1.82, 2.24) is 19.2 Å². The standard InChI is InChI=1S/C19H18N4OS2/c1-11-8-9-13-14(10-11)26-17-15(13)16(24)22(12-6-4-3-5-7-12)18-20-21-19(25-2)23(17)18/h3-7,11H,8-10H2,1-2H3/t11-/m1/s1. The number of benzene rings is 1. The molecule has 0 saturated carbocycles. The second-order valence-electron chi connectivity index (χ2n) is 6.83. The number of nitrogens with zero attached hydrogens (tertiary/aromatic N) is 4. The molecule has 3 aromatic heterocycles. The van der Waals surface area contributed by atoms with Crippen molar-refractivity contribution in [3.05, 3.63) is 51.1 Å². The summed E-state index contributed by atoms with van der Waals surface area (Å²) in [7, 11) is 0. The molecule has 0 amide bonds. The fourth-order valence-electron chi connectivity index (χ4n) is 3.84. The Morgan fingerprint density at radius 3 is 2.81 bits per heavy atom. The van der Waals surface area contributed by atoms with Crippen molar-refractivity contribution in [3.63, 3.8) is 0 Å². The lowest BCUT2D eigenvalue weighted by Gasteiger charge is -2.17. The van der Waals surface area contributed by atoms with Crippen molar-refractivity contribution in [3.8, 4) is 5.69 Å². The van der Waals surface area contributed by atoms with Gasteiger partial charge in [-0.3, -0.25) is 4.79 Å². The number of fused-ring (bicyclic) bond motifs is 5. The molecule has 0 aliphatic heterocycles. The Labute approximate surface area is 158 Å². The summed E-state index contributed by atoms with van der Waals surface area (Å²) in [6.07, 6.45) is 5.16. The first-order valence-corrected chi connectivity index (χ1v) is 10.8. The fourth-order valence-corrected chi connectivity index (χ4v) is 5.88. The molecule has 0 spiro atoms. The summed E-state index contributed by atoms with van der Waals surface area (Å²) < 4.78 is 3.77. The predicted octanol–water partition coefficient (Wildman–Crippen LogP) is 3.94. The zero-order valence-electron chi connectivity index (χ0n) is 14.6. The quantitative estimate of drug-likeness (QED) is 0.493. The van der Waals surface area contributed by atoms with Crippen LogP contribution in [-0.2, 0) is 12.8 Å². The van der Waals surface area contributed by atoms with Gasteiger partial charge in [-0.1, -0.05) is 36.9 Å². The lowest BCUT2D eigenvalue weighted by atomic mass is 9.89. The number of aromatic nitrogens is 4. The topological polar surface area (TPSA) is 52.2 Å². The summed E-state index contributed by atoms with van der Waals surface area (Å²) in [5.74, 6) is 1.26. The third kappa shape index (κ3) is 2.20. The zero-order valence-corrected chi connectivity index (χ0v) is 16.2. The third-order valence-electron chi connectivity index (χ3n) is 5.13. The van der Waals surface area contributed by atoms with Gasteiger partial charge in [-0.2, -0.15) is 0 Å². The van der Waals surface area contributed by atoms with Crippen LogP contribution in [0.4, 0.5) is 0 Å². The largest absolute Gasteiger partial charge is 0.268 e. The smallest absolute Gasteiger partial charge is 0.268 e. The fraction of sp³-hybridized carbons (Fsp3) is 0.316. The highest BCUT2D eigenvalue weighted by Crippen LogP contribution is 2.37. The average molecular weight is 383 g/mol. The number of hydrogen-bond acceptors (Lipinski definition) is 5. The monoisotopic (exact) mass is 382 g/mol. The van der Waals surface area contributed by atoms with E-state index < -0.39 is 0 Å². The maximum absolute atomic E-state index is 13.5. The second-order valence-corrected chi connectivity index (χ2v) is 8.69. The van der Waals surface area contributed by atoms with Crippen molar-refractivity contribution in [2.24, 2.45) is 5.92 Å². The summed E-state index contributed by atoms with van der Waals surface area (Å²) in [6, 6.07) is 9.73. The maximum atomic E-state index is 13.5. The van der Waals surface area contributed by atoms with Crippen LogP contribution in [0.15, 0.2) is 40.3 Å². The normalized spacial score (nSPS) is 17.1. The van der Waals surface area contributed by atoms with Crippen LogP contribution in [-0.4, -0.2) is 25.4 Å². The second kappa shape index (κ2) is 5.96. The van der Waals surface area contributed by atoms with Gasteiger partial charge in [0.25, 0.3) is 5.56 Å². The summed E-state index contributed by atoms with van der Waals surface area (Å²) in [5, 5.41) is 10.4. The number of hydrogen-bond donors (Lipinski definition) is 0. The minimum absolute atomic E-state index is 0.0193. The van der Waals surface area contributed by atoms with E-state index in [0.29, 0.717) is 11.7 Å². The van der Waals surface area contributed by atoms with Gasteiger partial charge in [-0.25, -0.2) is 8.97 Å². The first-order chi connectivity index (χ1) is 12.7. The molecule has 0 fully saturated rings. The van der Waals surface area contributed by atoms with E-state index in [1.807, 2.05) is 36.6 Å². The van der Waals surface area contributed by atoms with E-state index in [9.17, 15) is 4.79 Å². The SMILES string of the molecule is CSc1nnc2n(-c3ccccc3)c(=O)c3c4c(sc3n12)C[C@H](C)CC4. The Morgan fingerprint density at radius 1 is 1.23 bits per heavy atom. The number of para-hydroxylation sites is 1. The van der Waals surface area contributed by atoms with Gasteiger partial charge in [-0.05, 0) is 49.1 Å². The van der Waals surface area contributed by atoms with E-state index in [0.717, 1.165) is 40.3 Å². The molecule has 3 heterocycles. The highest BCUT2D eigenvalue weighted by atomic mass is 32.2. The van der Waals surface area contributed by atoms with Gasteiger partial charge in [0.05, 0.1) is 11.1 Å². The molecular formula is C19H18N4OS2. The Hall–Kier alpha value is -2.12. The summed E-state index contributed by atoms with van der Waals surface area (Å²) in [5.41, 5.74) is 2.08. The van der Waals surface area contributed by atoms with Crippen LogP contribution in [0.25, 0.3) is 21.7 Å². The van der Waals surface area contributed by atoms with Crippen LogP contribution < -0.4 is 5.56 Å². The third-order valence-corrected chi connectivity index (χ3v) is 7.00. The van der Waals surface area contributed by atoms with Crippen molar-refractivity contribution in [1.29, 1.82) is 0 Å². The van der Waals surface area contributed by atoms with Gasteiger partial charge in [-0.15, -0.1) is 21.5 Å². The molecule has 0 bridgehead atoms. The van der Waals surface area contributed by atoms with Gasteiger partial charge in [0.2, 0.25) is 5.78 Å². The average Bonchev–Trinajstić information content (AvgIpc) is 3.23. The van der Waals surface area contributed by atoms with Crippen LogP contribution in [0, 0.1) is 5.92 Å². The molecule has 0 radical (unpaired) electrons. The van der Waals surface area contributed by atoms with Crippen LogP contribution in [0.2, 0.25) is 0 Å². The Bertz CT molecular complexity index is 1190. The van der Waals surface area contributed by atoms with Crippen molar-refractivity contribution in [2.45, 2.75) is 31.3 Å². The van der Waals surface area contributed by atoms with E-state index in [2.05, 4.69) is 21.5 Å². The minimum Gasteiger partial charge on any atom is -0.268 e. The highest BCUT2D eigenvalue weighted by molar-refractivity contribution is 7.98. The van der Waals surface area contributed by atoms with E-state index >= 15 is 0 Å². The van der Waals surface area contributed by atoms with Crippen molar-refractivity contribution >= 4 is 39.1 Å². The number of rotatable bonds is 2. The molecule has 1 aliphatic rings. The molecule has 1 atom stereocenters. The Kier molecular flexibility index (Phi) is 3.68. The van der Waals surface area contributed by atoms with Crippen LogP contribution >= 0.6 is 23.1 Å². The molecule has 4 aromatic rings. The molecule has 26 heavy (non-hydrogen) atoms. The molecule has 1 aromatic carbocycles. The van der Waals surface area contributed by atoms with Crippen LogP contribution in [0.1, 0.15) is 23.8 Å². The summed E-state index contributed by atoms with van der Waals surface area (Å²) >= 11 is 3.30. The minimum atomic E-state index is 0.0193. The van der Waals surface area contributed by atoms with Crippen LogP contribution in [0.3, 0.4) is 0 Å². The Morgan fingerprint density at radius 2 is 2.04 bits per heavy atom. The first-order valence-electron chi connectivity index (χ1n) is 8.73. The molecule has 1 aliphatic carbocycles. The van der Waals surface area contributed by atoms with E-state index in [1.54, 1.807) is 27.7 Å². The lowest BCUT2D eigenvalue weighted by molar-refractivity contribution is 0.509. The molecule has 0 unspecified atom stereocenters. The number of thioether (sulfide) groups is 1. The van der Waals surface area contributed by atoms with Crippen molar-refractivity contribution < 1.29 is 0 Å². The molecule has 5 rings (SSSR count). The van der Waals surface area contributed by atoms with Gasteiger partial charge in [0, 0.05) is 4.88 Å². The first kappa shape index (κ1) is 16.1. The van der Waals surface area contributed by atoms with Gasteiger partial charge in [0.1, 0.15) is 4.83 Å². The predicted molar refractivity (Wildman–Crippen MR) is 107 cm³/mol. The van der Waals surface area contributed by atoms with Gasteiger partial charge < -0.3 is 0 Å². The zero-order chi connectivity index (χ0) is 17.8. The molecule has 7 heteroatoms. The van der Waals surface area contributed by atoms with Crippen molar-refractivity contribution in [2.75, 3.05) is 6.26 Å². The van der Waals surface area contributed by atoms with Gasteiger partial charge in [0.15, 0.2) is 5.16 Å². The van der Waals surface area contributed by atoms with E-state index in [4.69, 9.17) is 0 Å². The van der Waals surface area contributed by atoms with Gasteiger partial charge >= 0.3 is 0 Å². The number of aryl methyl sites for hydroxylation is 1. The van der Waals surface area contributed by atoms with E-state index in [1.165, 1.54) is 10.4 Å². The highest BCUT2D eigenvalue weighted by Gasteiger charge is 2.26. The maximum Gasteiger partial charge on any atom is 0.268 e. The lowest BCUT2D eigenvalue weighted by Crippen LogP contribution is -2.22. The Balaban J connectivity index is 1.98. The summed E-state index contributed by atoms with van der Waals surface area (Å²) in [6.45, 7) is 2.29. The molecule has 132 valence electrons. The van der Waals surface area contributed by atoms with E-state index in [-0.39, 0.29) is 5.56 Å². The number of thiophene rings is 1. The summed E-state index contributed by atoms with van der Waals surface area (Å²) in [4.78, 5) is 15.9. The molecule has 5 nitrogen and oxygen atoms in total.